The number of ether oxygens (including phenoxy) is 1. The third kappa shape index (κ3) is 3.39. The largest absolute Gasteiger partial charge is 0.482 e. The Morgan fingerprint density at radius 2 is 1.96 bits per heavy atom. The van der Waals surface area contributed by atoms with Gasteiger partial charge in [0.05, 0.1) is 4.92 Å². The first-order valence-corrected chi connectivity index (χ1v) is 8.22. The number of carbonyl (C=O) groups is 1. The highest BCUT2D eigenvalue weighted by Gasteiger charge is 2.32. The third-order valence-corrected chi connectivity index (χ3v) is 4.01. The minimum atomic E-state index is -1.48. The fraction of sp³-hybridized carbons (Fsp3) is 0.316. The zero-order valence-electron chi connectivity index (χ0n) is 14.7. The Hall–Kier alpha value is -2.93. The molecule has 0 fully saturated rings. The summed E-state index contributed by atoms with van der Waals surface area (Å²) in [6, 6.07) is 7.07. The van der Waals surface area contributed by atoms with Crippen molar-refractivity contribution in [2.45, 2.75) is 38.5 Å². The van der Waals surface area contributed by atoms with Crippen molar-refractivity contribution in [2.24, 2.45) is 0 Å². The van der Waals surface area contributed by atoms with Crippen molar-refractivity contribution in [2.75, 3.05) is 0 Å². The first kappa shape index (κ1) is 17.9. The quantitative estimate of drug-likeness (QED) is 0.601. The zero-order valence-corrected chi connectivity index (χ0v) is 14.7. The van der Waals surface area contributed by atoms with Crippen LogP contribution in [0.3, 0.4) is 0 Å². The van der Waals surface area contributed by atoms with Crippen LogP contribution in [0.1, 0.15) is 20.8 Å². The van der Waals surface area contributed by atoms with Crippen LogP contribution in [-0.2, 0) is 9.53 Å². The van der Waals surface area contributed by atoms with Gasteiger partial charge in [0, 0.05) is 28.5 Å². The standard InChI is InChI=1S/C19H20N2O5/c1-19(2,3)20-18(23)16(22)17-13-7-5-4-6-12(13)14-10-11(21(24)25)8-9-15(14)26-17/h4-10,15-16,22H,1-3H3,(H,20,23). The van der Waals surface area contributed by atoms with E-state index in [1.165, 1.54) is 12.2 Å². The lowest BCUT2D eigenvalue weighted by atomic mass is 9.95. The summed E-state index contributed by atoms with van der Waals surface area (Å²) in [5.74, 6) is -0.425. The second kappa shape index (κ2) is 6.42. The van der Waals surface area contributed by atoms with Gasteiger partial charge in [-0.3, -0.25) is 14.9 Å². The van der Waals surface area contributed by atoms with Crippen LogP contribution in [0.2, 0.25) is 0 Å². The fourth-order valence-corrected chi connectivity index (χ4v) is 2.95. The minimum Gasteiger partial charge on any atom is -0.482 e. The molecule has 0 radical (unpaired) electrons. The van der Waals surface area contributed by atoms with Crippen LogP contribution in [0.15, 0.2) is 48.2 Å². The molecule has 0 spiro atoms. The summed E-state index contributed by atoms with van der Waals surface area (Å²) in [7, 11) is 0. The third-order valence-electron chi connectivity index (χ3n) is 4.01. The van der Waals surface area contributed by atoms with Crippen LogP contribution in [0, 0.1) is 10.1 Å². The van der Waals surface area contributed by atoms with Gasteiger partial charge in [0.1, 0.15) is 11.9 Å². The van der Waals surface area contributed by atoms with Crippen LogP contribution in [0.25, 0.3) is 11.3 Å². The lowest BCUT2D eigenvalue weighted by molar-refractivity contribution is -0.419. The summed E-state index contributed by atoms with van der Waals surface area (Å²) in [5.41, 5.74) is 0.0872. The Labute approximate surface area is 150 Å². The molecule has 7 nitrogen and oxygen atoms in total. The highest BCUT2D eigenvalue weighted by Crippen LogP contribution is 2.25. The van der Waals surface area contributed by atoms with Crippen molar-refractivity contribution < 1.29 is 19.6 Å². The number of amides is 1. The SMILES string of the molecule is CC(C)(C)NC(=O)C(O)C1=c2ccccc2=C2C=C([N+](=O)[O-])C=CC2O1. The van der Waals surface area contributed by atoms with Crippen molar-refractivity contribution in [3.63, 3.8) is 0 Å². The zero-order chi connectivity index (χ0) is 19.1. The highest BCUT2D eigenvalue weighted by atomic mass is 16.6. The summed E-state index contributed by atoms with van der Waals surface area (Å²) >= 11 is 0. The van der Waals surface area contributed by atoms with Crippen LogP contribution in [0.4, 0.5) is 0 Å². The van der Waals surface area contributed by atoms with E-state index >= 15 is 0 Å². The molecule has 1 aliphatic carbocycles. The maximum absolute atomic E-state index is 12.4. The highest BCUT2D eigenvalue weighted by molar-refractivity contribution is 5.90. The number of hydrogen-bond acceptors (Lipinski definition) is 5. The van der Waals surface area contributed by atoms with Crippen molar-refractivity contribution in [1.82, 2.24) is 5.32 Å². The second-order valence-corrected chi connectivity index (χ2v) is 7.23. The predicted octanol–water partition coefficient (Wildman–Crippen LogP) is 0.350. The van der Waals surface area contributed by atoms with Crippen LogP contribution in [-0.4, -0.2) is 33.7 Å². The monoisotopic (exact) mass is 356 g/mol. The van der Waals surface area contributed by atoms with E-state index < -0.39 is 28.6 Å². The fourth-order valence-electron chi connectivity index (χ4n) is 2.95. The molecule has 3 rings (SSSR count). The lowest BCUT2D eigenvalue weighted by Gasteiger charge is -2.29. The number of nitro groups is 1. The van der Waals surface area contributed by atoms with Gasteiger partial charge in [0.15, 0.2) is 6.10 Å². The summed E-state index contributed by atoms with van der Waals surface area (Å²) < 4.78 is 5.86. The van der Waals surface area contributed by atoms with Crippen molar-refractivity contribution in [1.29, 1.82) is 0 Å². The smallest absolute Gasteiger partial charge is 0.269 e. The summed E-state index contributed by atoms with van der Waals surface area (Å²) in [4.78, 5) is 23.0. The number of allylic oxidation sites excluding steroid dienone is 1. The number of aliphatic hydroxyl groups is 1. The Bertz CT molecular complexity index is 953. The molecule has 1 amide bonds. The minimum absolute atomic E-state index is 0.0378. The molecule has 1 heterocycles. The Balaban J connectivity index is 2.15. The molecule has 0 aromatic heterocycles. The topological polar surface area (TPSA) is 102 Å². The molecule has 26 heavy (non-hydrogen) atoms. The molecule has 136 valence electrons. The van der Waals surface area contributed by atoms with E-state index in [-0.39, 0.29) is 11.5 Å². The number of carbonyl (C=O) groups excluding carboxylic acids is 1. The molecule has 2 unspecified atom stereocenters. The van der Waals surface area contributed by atoms with E-state index in [1.807, 2.05) is 20.8 Å². The number of nitrogens with one attached hydrogen (secondary N) is 1. The van der Waals surface area contributed by atoms with E-state index in [9.17, 15) is 20.0 Å². The Morgan fingerprint density at radius 3 is 2.58 bits per heavy atom. The molecule has 0 saturated heterocycles. The van der Waals surface area contributed by atoms with Crippen LogP contribution < -0.4 is 15.8 Å². The van der Waals surface area contributed by atoms with E-state index in [0.717, 1.165) is 0 Å². The molecule has 1 aliphatic heterocycles. The van der Waals surface area contributed by atoms with Gasteiger partial charge >= 0.3 is 0 Å². The maximum Gasteiger partial charge on any atom is 0.269 e. The number of aliphatic hydroxyl groups excluding tert-OH is 1. The summed E-state index contributed by atoms with van der Waals surface area (Å²) in [6.45, 7) is 5.45. The van der Waals surface area contributed by atoms with E-state index in [4.69, 9.17) is 4.74 Å². The molecule has 2 N–H and O–H groups in total. The molecule has 1 aromatic carbocycles. The van der Waals surface area contributed by atoms with E-state index in [0.29, 0.717) is 16.0 Å². The van der Waals surface area contributed by atoms with Crippen molar-refractivity contribution in [3.05, 3.63) is 68.7 Å². The second-order valence-electron chi connectivity index (χ2n) is 7.23. The van der Waals surface area contributed by atoms with Gasteiger partial charge in [-0.25, -0.2) is 0 Å². The van der Waals surface area contributed by atoms with Gasteiger partial charge in [-0.15, -0.1) is 0 Å². The first-order valence-electron chi connectivity index (χ1n) is 8.22. The Morgan fingerprint density at radius 1 is 1.31 bits per heavy atom. The Kier molecular flexibility index (Phi) is 4.41. The van der Waals surface area contributed by atoms with Gasteiger partial charge in [-0.2, -0.15) is 0 Å². The average Bonchev–Trinajstić information content (AvgIpc) is 2.58. The summed E-state index contributed by atoms with van der Waals surface area (Å²) in [6.07, 6.45) is 2.30. The molecule has 2 atom stereocenters. The molecule has 0 saturated carbocycles. The predicted molar refractivity (Wildman–Crippen MR) is 95.5 cm³/mol. The lowest BCUT2D eigenvalue weighted by Crippen LogP contribution is -2.50. The van der Waals surface area contributed by atoms with Crippen LogP contribution in [0.5, 0.6) is 0 Å². The normalized spacial score (nSPS) is 19.7. The summed E-state index contributed by atoms with van der Waals surface area (Å²) in [5, 5.41) is 25.6. The molecule has 1 aromatic rings. The molecule has 7 heteroatoms. The molecular weight excluding hydrogens is 336 g/mol. The molecular formula is C19H20N2O5. The van der Waals surface area contributed by atoms with Gasteiger partial charge in [-0.05, 0) is 32.1 Å². The van der Waals surface area contributed by atoms with Gasteiger partial charge in [-0.1, -0.05) is 24.3 Å². The molecule has 0 bridgehead atoms. The first-order chi connectivity index (χ1) is 12.2. The number of nitrogens with zero attached hydrogens (tertiary/aromatic N) is 1. The van der Waals surface area contributed by atoms with E-state index in [2.05, 4.69) is 5.32 Å². The number of fused-ring (bicyclic) bond motifs is 2. The molecule has 2 aliphatic rings. The average molecular weight is 356 g/mol. The maximum atomic E-state index is 12.4. The van der Waals surface area contributed by atoms with Crippen LogP contribution >= 0.6 is 0 Å². The van der Waals surface area contributed by atoms with Gasteiger partial charge < -0.3 is 15.2 Å². The van der Waals surface area contributed by atoms with Gasteiger partial charge in [0.25, 0.3) is 11.6 Å². The van der Waals surface area contributed by atoms with E-state index in [1.54, 1.807) is 30.3 Å². The van der Waals surface area contributed by atoms with Crippen molar-refractivity contribution >= 4 is 17.2 Å². The van der Waals surface area contributed by atoms with Crippen molar-refractivity contribution in [3.8, 4) is 0 Å². The van der Waals surface area contributed by atoms with Gasteiger partial charge in [0.2, 0.25) is 0 Å². The number of benzene rings is 1. The number of rotatable bonds is 3. The number of hydrogen-bond donors (Lipinski definition) is 2.